The molecule has 1 aromatic rings. The van der Waals surface area contributed by atoms with Gasteiger partial charge in [-0.25, -0.2) is 13.6 Å². The quantitative estimate of drug-likeness (QED) is 0.888. The SMILES string of the molecule is CCCNC(=O)c1cc(S(N)(=O)=O)cc(Cl)c1Cl. The Labute approximate surface area is 115 Å². The number of rotatable bonds is 4. The standard InChI is InChI=1S/C10H12Cl2N2O3S/c1-2-3-14-10(15)7-4-6(18(13,16)17)5-8(11)9(7)12/h4-5H,2-3H2,1H3,(H,14,15)(H2,13,16,17). The summed E-state index contributed by atoms with van der Waals surface area (Å²) in [5.74, 6) is -0.491. The van der Waals surface area contributed by atoms with E-state index >= 15 is 0 Å². The van der Waals surface area contributed by atoms with Crippen LogP contribution < -0.4 is 10.5 Å². The van der Waals surface area contributed by atoms with Crippen molar-refractivity contribution in [1.82, 2.24) is 5.32 Å². The van der Waals surface area contributed by atoms with E-state index in [2.05, 4.69) is 5.32 Å². The van der Waals surface area contributed by atoms with Crippen LogP contribution in [0.3, 0.4) is 0 Å². The topological polar surface area (TPSA) is 89.3 Å². The molecule has 5 nitrogen and oxygen atoms in total. The summed E-state index contributed by atoms with van der Waals surface area (Å²) in [6, 6.07) is 2.21. The Morgan fingerprint density at radius 3 is 2.50 bits per heavy atom. The van der Waals surface area contributed by atoms with Gasteiger partial charge in [0, 0.05) is 6.54 Å². The molecule has 0 bridgehead atoms. The predicted molar refractivity (Wildman–Crippen MR) is 70.5 cm³/mol. The lowest BCUT2D eigenvalue weighted by Crippen LogP contribution is -2.25. The number of sulfonamides is 1. The van der Waals surface area contributed by atoms with Crippen molar-refractivity contribution in [1.29, 1.82) is 0 Å². The minimum Gasteiger partial charge on any atom is -0.352 e. The van der Waals surface area contributed by atoms with Crippen molar-refractivity contribution in [3.8, 4) is 0 Å². The molecule has 1 aromatic carbocycles. The third-order valence-electron chi connectivity index (χ3n) is 2.11. The lowest BCUT2D eigenvalue weighted by Gasteiger charge is -2.09. The van der Waals surface area contributed by atoms with Crippen LogP contribution in [0.2, 0.25) is 10.0 Å². The number of nitrogens with two attached hydrogens (primary N) is 1. The summed E-state index contributed by atoms with van der Waals surface area (Å²) in [5.41, 5.74) is -0.0124. The van der Waals surface area contributed by atoms with Gasteiger partial charge in [0.05, 0.1) is 20.5 Å². The largest absolute Gasteiger partial charge is 0.352 e. The van der Waals surface area contributed by atoms with Crippen LogP contribution in [-0.4, -0.2) is 20.9 Å². The van der Waals surface area contributed by atoms with Crippen LogP contribution in [0.5, 0.6) is 0 Å². The monoisotopic (exact) mass is 310 g/mol. The molecule has 8 heteroatoms. The number of carbonyl (C=O) groups excluding carboxylic acids is 1. The maximum absolute atomic E-state index is 11.8. The Kier molecular flexibility index (Phi) is 4.98. The van der Waals surface area contributed by atoms with Crippen molar-refractivity contribution in [2.75, 3.05) is 6.54 Å². The summed E-state index contributed by atoms with van der Waals surface area (Å²) in [4.78, 5) is 11.5. The maximum atomic E-state index is 11.8. The Balaban J connectivity index is 3.27. The fraction of sp³-hybridized carbons (Fsp3) is 0.300. The Bertz CT molecular complexity index is 573. The molecule has 0 radical (unpaired) electrons. The number of halogens is 2. The number of amides is 1. The molecule has 0 atom stereocenters. The van der Waals surface area contributed by atoms with Gasteiger partial charge in [-0.2, -0.15) is 0 Å². The summed E-state index contributed by atoms with van der Waals surface area (Å²) >= 11 is 11.6. The van der Waals surface area contributed by atoms with E-state index in [4.69, 9.17) is 28.3 Å². The van der Waals surface area contributed by atoms with Crippen LogP contribution in [0, 0.1) is 0 Å². The molecular weight excluding hydrogens is 299 g/mol. The van der Waals surface area contributed by atoms with Crippen molar-refractivity contribution in [2.45, 2.75) is 18.2 Å². The van der Waals surface area contributed by atoms with Gasteiger partial charge in [-0.3, -0.25) is 4.79 Å². The second-order valence-corrected chi connectivity index (χ2v) is 5.91. The predicted octanol–water partition coefficient (Wildman–Crippen LogP) is 1.78. The van der Waals surface area contributed by atoms with Gasteiger partial charge in [-0.05, 0) is 18.6 Å². The van der Waals surface area contributed by atoms with Gasteiger partial charge in [0.1, 0.15) is 0 Å². The molecule has 0 aliphatic heterocycles. The van der Waals surface area contributed by atoms with Gasteiger partial charge in [0.2, 0.25) is 10.0 Å². The van der Waals surface area contributed by atoms with Gasteiger partial charge in [0.25, 0.3) is 5.91 Å². The first kappa shape index (κ1) is 15.2. The molecule has 0 aliphatic carbocycles. The van der Waals surface area contributed by atoms with E-state index in [1.54, 1.807) is 0 Å². The molecule has 0 spiro atoms. The second-order valence-electron chi connectivity index (χ2n) is 3.57. The molecule has 0 fully saturated rings. The zero-order valence-electron chi connectivity index (χ0n) is 9.54. The van der Waals surface area contributed by atoms with Crippen molar-refractivity contribution in [2.24, 2.45) is 5.14 Å². The van der Waals surface area contributed by atoms with Crippen LogP contribution >= 0.6 is 23.2 Å². The van der Waals surface area contributed by atoms with E-state index in [1.807, 2.05) is 6.92 Å². The molecule has 0 unspecified atom stereocenters. The summed E-state index contributed by atoms with van der Waals surface area (Å²) in [6.45, 7) is 2.34. The summed E-state index contributed by atoms with van der Waals surface area (Å²) < 4.78 is 22.5. The molecule has 3 N–H and O–H groups in total. The summed E-state index contributed by atoms with van der Waals surface area (Å²) in [5, 5.41) is 7.52. The van der Waals surface area contributed by atoms with E-state index in [0.29, 0.717) is 6.54 Å². The highest BCUT2D eigenvalue weighted by Crippen LogP contribution is 2.29. The van der Waals surface area contributed by atoms with Gasteiger partial charge in [-0.15, -0.1) is 0 Å². The van der Waals surface area contributed by atoms with Crippen LogP contribution in [0.25, 0.3) is 0 Å². The molecule has 0 saturated carbocycles. The number of primary sulfonamides is 1. The average molecular weight is 311 g/mol. The Morgan fingerprint density at radius 2 is 2.00 bits per heavy atom. The lowest BCUT2D eigenvalue weighted by molar-refractivity contribution is 0.0953. The first-order chi connectivity index (χ1) is 8.27. The van der Waals surface area contributed by atoms with Crippen molar-refractivity contribution < 1.29 is 13.2 Å². The highest BCUT2D eigenvalue weighted by molar-refractivity contribution is 7.89. The molecule has 0 saturated heterocycles. The van der Waals surface area contributed by atoms with E-state index in [-0.39, 0.29) is 20.5 Å². The minimum absolute atomic E-state index is 0.00216. The third kappa shape index (κ3) is 3.58. The number of hydrogen-bond acceptors (Lipinski definition) is 3. The second kappa shape index (κ2) is 5.88. The lowest BCUT2D eigenvalue weighted by atomic mass is 10.2. The zero-order valence-corrected chi connectivity index (χ0v) is 11.9. The van der Waals surface area contributed by atoms with Crippen LogP contribution in [-0.2, 0) is 10.0 Å². The van der Waals surface area contributed by atoms with Gasteiger partial charge >= 0.3 is 0 Å². The average Bonchev–Trinajstić information content (AvgIpc) is 2.27. The van der Waals surface area contributed by atoms with E-state index in [1.165, 1.54) is 0 Å². The number of hydrogen-bond donors (Lipinski definition) is 2. The molecule has 0 heterocycles. The Morgan fingerprint density at radius 1 is 1.39 bits per heavy atom. The maximum Gasteiger partial charge on any atom is 0.252 e. The van der Waals surface area contributed by atoms with Crippen molar-refractivity contribution in [3.05, 3.63) is 27.7 Å². The fourth-order valence-electron chi connectivity index (χ4n) is 1.23. The highest BCUT2D eigenvalue weighted by Gasteiger charge is 2.18. The number of carbonyl (C=O) groups is 1. The molecule has 18 heavy (non-hydrogen) atoms. The zero-order chi connectivity index (χ0) is 13.9. The van der Waals surface area contributed by atoms with Gasteiger partial charge < -0.3 is 5.32 Å². The van der Waals surface area contributed by atoms with Crippen molar-refractivity contribution in [3.63, 3.8) is 0 Å². The first-order valence-electron chi connectivity index (χ1n) is 5.07. The molecule has 0 aliphatic rings. The molecular formula is C10H12Cl2N2O3S. The minimum atomic E-state index is -3.94. The first-order valence-corrected chi connectivity index (χ1v) is 7.37. The summed E-state index contributed by atoms with van der Waals surface area (Å²) in [7, 11) is -3.94. The van der Waals surface area contributed by atoms with Gasteiger partial charge in [-0.1, -0.05) is 30.1 Å². The van der Waals surface area contributed by atoms with E-state index in [9.17, 15) is 13.2 Å². The highest BCUT2D eigenvalue weighted by atomic mass is 35.5. The smallest absolute Gasteiger partial charge is 0.252 e. The third-order valence-corrected chi connectivity index (χ3v) is 3.81. The van der Waals surface area contributed by atoms with Crippen molar-refractivity contribution >= 4 is 39.1 Å². The number of nitrogens with one attached hydrogen (secondary N) is 1. The van der Waals surface area contributed by atoms with E-state index < -0.39 is 15.9 Å². The van der Waals surface area contributed by atoms with Crippen LogP contribution in [0.15, 0.2) is 17.0 Å². The fourth-order valence-corrected chi connectivity index (χ4v) is 2.27. The van der Waals surface area contributed by atoms with Crippen LogP contribution in [0.1, 0.15) is 23.7 Å². The summed E-state index contributed by atoms with van der Waals surface area (Å²) in [6.07, 6.45) is 0.742. The molecule has 1 rings (SSSR count). The molecule has 1 amide bonds. The van der Waals surface area contributed by atoms with Crippen LogP contribution in [0.4, 0.5) is 0 Å². The van der Waals surface area contributed by atoms with Gasteiger partial charge in [0.15, 0.2) is 0 Å². The number of benzene rings is 1. The van der Waals surface area contributed by atoms with E-state index in [0.717, 1.165) is 18.6 Å². The molecule has 0 aromatic heterocycles. The Hall–Kier alpha value is -0.820. The molecule has 100 valence electrons. The normalized spacial score (nSPS) is 11.3.